The lowest BCUT2D eigenvalue weighted by atomic mass is 10.3. The largest absolute Gasteiger partial charge is 0.238 e. The first-order valence-corrected chi connectivity index (χ1v) is 7.37. The Morgan fingerprint density at radius 1 is 1.44 bits per heavy atom. The molecule has 0 aliphatic rings. The van der Waals surface area contributed by atoms with E-state index in [-0.39, 0.29) is 0 Å². The van der Waals surface area contributed by atoms with E-state index in [4.69, 9.17) is 0 Å². The normalized spacial score (nSPS) is 10.6. The highest BCUT2D eigenvalue weighted by atomic mass is 79.9. The maximum Gasteiger partial charge on any atom is 0.156 e. The van der Waals surface area contributed by atoms with Crippen LogP contribution in [0.4, 0.5) is 0 Å². The van der Waals surface area contributed by atoms with E-state index in [1.54, 1.807) is 29.3 Å². The summed E-state index contributed by atoms with van der Waals surface area (Å²) in [6, 6.07) is 1.92. The molecule has 3 nitrogen and oxygen atoms in total. The van der Waals surface area contributed by atoms with Gasteiger partial charge < -0.3 is 0 Å². The summed E-state index contributed by atoms with van der Waals surface area (Å²) in [6.45, 7) is 2.12. The van der Waals surface area contributed by atoms with E-state index >= 15 is 0 Å². The highest BCUT2D eigenvalue weighted by Crippen LogP contribution is 2.28. The van der Waals surface area contributed by atoms with Gasteiger partial charge in [-0.05, 0) is 34.1 Å². The van der Waals surface area contributed by atoms with Crippen LogP contribution in [0.3, 0.4) is 0 Å². The van der Waals surface area contributed by atoms with Crippen LogP contribution in [0.25, 0.3) is 0 Å². The number of nitrogens with zero attached hydrogens (tertiary/aromatic N) is 3. The topological polar surface area (TPSA) is 38.7 Å². The maximum absolute atomic E-state index is 4.49. The minimum absolute atomic E-state index is 0.838. The average Bonchev–Trinajstić information content (AvgIpc) is 2.70. The third-order valence-corrected chi connectivity index (χ3v) is 4.00. The number of hydrogen-bond donors (Lipinski definition) is 0. The molecule has 6 heteroatoms. The quantitative estimate of drug-likeness (QED) is 0.804. The summed E-state index contributed by atoms with van der Waals surface area (Å²) in [6.07, 6.45) is 3.76. The fourth-order valence-electron chi connectivity index (χ4n) is 1.18. The summed E-state index contributed by atoms with van der Waals surface area (Å²) in [5.41, 5.74) is 0. The molecule has 0 aliphatic carbocycles. The van der Waals surface area contributed by atoms with Crippen LogP contribution in [0.1, 0.15) is 19.2 Å². The molecule has 0 saturated carbocycles. The summed E-state index contributed by atoms with van der Waals surface area (Å²) in [7, 11) is 0. The third-order valence-electron chi connectivity index (χ3n) is 1.79. The molecule has 0 N–H and O–H groups in total. The predicted molar refractivity (Wildman–Crippen MR) is 70.0 cm³/mol. The number of hydrogen-bond acceptors (Lipinski definition) is 5. The molecule has 2 aromatic heterocycles. The molecule has 2 heterocycles. The van der Waals surface area contributed by atoms with Gasteiger partial charge in [0.1, 0.15) is 15.5 Å². The second-order valence-corrected chi connectivity index (χ2v) is 6.07. The van der Waals surface area contributed by atoms with Gasteiger partial charge in [-0.2, -0.15) is 0 Å². The highest BCUT2D eigenvalue weighted by Gasteiger charge is 2.05. The Morgan fingerprint density at radius 2 is 2.31 bits per heavy atom. The molecule has 0 saturated heterocycles. The zero-order valence-corrected chi connectivity index (χ0v) is 11.9. The molecule has 84 valence electrons. The lowest BCUT2D eigenvalue weighted by molar-refractivity contribution is 0.803. The van der Waals surface area contributed by atoms with E-state index < -0.39 is 0 Å². The van der Waals surface area contributed by atoms with Crippen molar-refractivity contribution in [3.05, 3.63) is 28.1 Å². The summed E-state index contributed by atoms with van der Waals surface area (Å²) in [4.78, 5) is 13.0. The van der Waals surface area contributed by atoms with Gasteiger partial charge in [-0.25, -0.2) is 15.0 Å². The minimum atomic E-state index is 0.838. The van der Waals surface area contributed by atoms with E-state index in [1.807, 2.05) is 11.4 Å². The molecule has 0 bridgehead atoms. The molecule has 0 spiro atoms. The molecule has 2 aromatic rings. The first kappa shape index (κ1) is 12.0. The molecule has 2 rings (SSSR count). The smallest absolute Gasteiger partial charge is 0.156 e. The maximum atomic E-state index is 4.49. The van der Waals surface area contributed by atoms with Crippen LogP contribution in [-0.2, 0) is 6.42 Å². The average molecular weight is 316 g/mol. The van der Waals surface area contributed by atoms with Crippen molar-refractivity contribution in [2.45, 2.75) is 29.1 Å². The van der Waals surface area contributed by atoms with Crippen LogP contribution in [0.15, 0.2) is 31.6 Å². The summed E-state index contributed by atoms with van der Waals surface area (Å²) < 4.78 is 1.85. The van der Waals surface area contributed by atoms with Crippen LogP contribution >= 0.6 is 39.0 Å². The number of rotatable bonds is 4. The summed E-state index contributed by atoms with van der Waals surface area (Å²) in [5.74, 6) is 0.885. The fraction of sp³-hybridized carbons (Fsp3) is 0.300. The van der Waals surface area contributed by atoms with Gasteiger partial charge >= 0.3 is 0 Å². The molecular formula is C10H10BrN3S2. The fourth-order valence-corrected chi connectivity index (χ4v) is 3.34. The Balaban J connectivity index is 2.20. The highest BCUT2D eigenvalue weighted by molar-refractivity contribution is 9.10. The van der Waals surface area contributed by atoms with Gasteiger partial charge in [0.2, 0.25) is 0 Å². The van der Waals surface area contributed by atoms with Crippen molar-refractivity contribution in [2.24, 2.45) is 0 Å². The Hall–Kier alpha value is -0.460. The van der Waals surface area contributed by atoms with Crippen molar-refractivity contribution >= 4 is 39.0 Å². The number of thiazole rings is 1. The lowest BCUT2D eigenvalue weighted by Gasteiger charge is -2.02. The standard InChI is InChI=1S/C10H10BrN3S2/c1-2-3-8-13-7(11)6-9(14-8)16-10-12-4-5-15-10/h4-6H,2-3H2,1H3. The summed E-state index contributed by atoms with van der Waals surface area (Å²) in [5, 5.41) is 2.91. The molecule has 0 amide bonds. The lowest BCUT2D eigenvalue weighted by Crippen LogP contribution is -1.96. The number of halogens is 1. The van der Waals surface area contributed by atoms with Crippen molar-refractivity contribution in [1.82, 2.24) is 15.0 Å². The molecule has 0 unspecified atom stereocenters. The van der Waals surface area contributed by atoms with Crippen molar-refractivity contribution in [3.63, 3.8) is 0 Å². The van der Waals surface area contributed by atoms with Crippen molar-refractivity contribution in [2.75, 3.05) is 0 Å². The number of aromatic nitrogens is 3. The van der Waals surface area contributed by atoms with Gasteiger partial charge in [-0.1, -0.05) is 6.92 Å². The van der Waals surface area contributed by atoms with Gasteiger partial charge in [0.25, 0.3) is 0 Å². The molecule has 0 aromatic carbocycles. The van der Waals surface area contributed by atoms with Crippen LogP contribution in [-0.4, -0.2) is 15.0 Å². The van der Waals surface area contributed by atoms with Gasteiger partial charge in [-0.15, -0.1) is 11.3 Å². The molecule has 16 heavy (non-hydrogen) atoms. The van der Waals surface area contributed by atoms with Gasteiger partial charge in [0.05, 0.1) is 0 Å². The van der Waals surface area contributed by atoms with Gasteiger partial charge in [-0.3, -0.25) is 0 Å². The van der Waals surface area contributed by atoms with E-state index in [0.717, 1.165) is 32.6 Å². The van der Waals surface area contributed by atoms with Crippen molar-refractivity contribution in [1.29, 1.82) is 0 Å². The Bertz CT molecular complexity index is 459. The van der Waals surface area contributed by atoms with Gasteiger partial charge in [0.15, 0.2) is 4.34 Å². The van der Waals surface area contributed by atoms with Crippen molar-refractivity contribution in [3.8, 4) is 0 Å². The monoisotopic (exact) mass is 315 g/mol. The first-order valence-electron chi connectivity index (χ1n) is 4.88. The third kappa shape index (κ3) is 3.26. The van der Waals surface area contributed by atoms with E-state index in [9.17, 15) is 0 Å². The molecular weight excluding hydrogens is 306 g/mol. The molecule has 0 atom stereocenters. The Labute approximate surface area is 111 Å². The van der Waals surface area contributed by atoms with Crippen LogP contribution < -0.4 is 0 Å². The van der Waals surface area contributed by atoms with Crippen molar-refractivity contribution < 1.29 is 0 Å². The van der Waals surface area contributed by atoms with Gasteiger partial charge in [0, 0.05) is 24.1 Å². The number of aryl methyl sites for hydroxylation is 1. The molecule has 0 aliphatic heterocycles. The summed E-state index contributed by atoms with van der Waals surface area (Å²) >= 11 is 6.60. The SMILES string of the molecule is CCCc1nc(Br)cc(Sc2nccs2)n1. The Kier molecular flexibility index (Phi) is 4.31. The van der Waals surface area contributed by atoms with Crippen LogP contribution in [0, 0.1) is 0 Å². The first-order chi connectivity index (χ1) is 7.78. The zero-order valence-electron chi connectivity index (χ0n) is 8.68. The molecule has 0 fully saturated rings. The zero-order chi connectivity index (χ0) is 11.4. The Morgan fingerprint density at radius 3 is 3.00 bits per heavy atom. The van der Waals surface area contributed by atoms with Crippen LogP contribution in [0.2, 0.25) is 0 Å². The van der Waals surface area contributed by atoms with Crippen LogP contribution in [0.5, 0.6) is 0 Å². The van der Waals surface area contributed by atoms with E-state index in [1.165, 1.54) is 0 Å². The van der Waals surface area contributed by atoms with E-state index in [2.05, 4.69) is 37.8 Å². The second-order valence-electron chi connectivity index (χ2n) is 3.10. The molecule has 0 radical (unpaired) electrons. The second kappa shape index (κ2) is 5.75. The predicted octanol–water partition coefficient (Wildman–Crippen LogP) is 3.80. The minimum Gasteiger partial charge on any atom is -0.238 e. The van der Waals surface area contributed by atoms with E-state index in [0.29, 0.717) is 0 Å².